The second-order valence-electron chi connectivity index (χ2n) is 5.81. The van der Waals surface area contributed by atoms with Crippen molar-refractivity contribution in [3.63, 3.8) is 0 Å². The summed E-state index contributed by atoms with van der Waals surface area (Å²) in [6, 6.07) is 15.5. The highest BCUT2D eigenvalue weighted by Gasteiger charge is 2.13. The number of hydrogen-bond donors (Lipinski definition) is 1. The zero-order valence-electron chi connectivity index (χ0n) is 13.8. The molecule has 0 saturated heterocycles. The second-order valence-corrected chi connectivity index (χ2v) is 5.81. The van der Waals surface area contributed by atoms with Crippen molar-refractivity contribution in [2.75, 3.05) is 5.32 Å². The highest BCUT2D eigenvalue weighted by molar-refractivity contribution is 6.02. The Morgan fingerprint density at radius 2 is 1.83 bits per heavy atom. The largest absolute Gasteiger partial charge is 0.466 e. The van der Waals surface area contributed by atoms with Gasteiger partial charge in [0.25, 0.3) is 0 Å². The lowest BCUT2D eigenvalue weighted by Gasteiger charge is -2.08. The first-order valence-corrected chi connectivity index (χ1v) is 7.92. The second kappa shape index (κ2) is 6.71. The van der Waals surface area contributed by atoms with Crippen molar-refractivity contribution >= 4 is 28.2 Å². The van der Waals surface area contributed by atoms with E-state index in [1.807, 2.05) is 42.5 Å². The monoisotopic (exact) mass is 321 g/mol. The van der Waals surface area contributed by atoms with Gasteiger partial charge in [0.1, 0.15) is 11.5 Å². The lowest BCUT2D eigenvalue weighted by molar-refractivity contribution is -0.116. The normalized spacial score (nSPS) is 10.8. The summed E-state index contributed by atoms with van der Waals surface area (Å²) >= 11 is 0. The third kappa shape index (κ3) is 3.38. The minimum Gasteiger partial charge on any atom is -0.466 e. The summed E-state index contributed by atoms with van der Waals surface area (Å²) in [5.74, 6) is 1.16. The van der Waals surface area contributed by atoms with Crippen LogP contribution < -0.4 is 5.32 Å². The molecule has 1 heterocycles. The van der Waals surface area contributed by atoms with Crippen molar-refractivity contribution in [1.29, 1.82) is 0 Å². The van der Waals surface area contributed by atoms with Gasteiger partial charge in [-0.1, -0.05) is 36.4 Å². The van der Waals surface area contributed by atoms with Crippen LogP contribution in [0.3, 0.4) is 0 Å². The Hall–Kier alpha value is -2.88. The first-order chi connectivity index (χ1) is 11.5. The Balaban J connectivity index is 1.67. The molecule has 24 heavy (non-hydrogen) atoms. The first-order valence-electron chi connectivity index (χ1n) is 7.92. The van der Waals surface area contributed by atoms with Crippen LogP contribution in [0.4, 0.5) is 5.69 Å². The number of rotatable bonds is 5. The molecule has 1 aromatic heterocycles. The minimum absolute atomic E-state index is 0.0253. The van der Waals surface area contributed by atoms with Crippen LogP contribution in [0.1, 0.15) is 35.2 Å². The van der Waals surface area contributed by atoms with Gasteiger partial charge in [-0.15, -0.1) is 0 Å². The number of benzene rings is 2. The van der Waals surface area contributed by atoms with Crippen molar-refractivity contribution < 1.29 is 14.0 Å². The molecule has 0 spiro atoms. The van der Waals surface area contributed by atoms with Gasteiger partial charge in [-0.2, -0.15) is 0 Å². The maximum atomic E-state index is 12.2. The fourth-order valence-electron chi connectivity index (χ4n) is 2.80. The van der Waals surface area contributed by atoms with Crippen LogP contribution in [0.2, 0.25) is 0 Å². The Bertz CT molecular complexity index is 903. The van der Waals surface area contributed by atoms with Crippen LogP contribution in [0.15, 0.2) is 52.9 Å². The van der Waals surface area contributed by atoms with E-state index in [1.165, 1.54) is 6.92 Å². The van der Waals surface area contributed by atoms with E-state index >= 15 is 0 Å². The van der Waals surface area contributed by atoms with Crippen LogP contribution in [0.5, 0.6) is 0 Å². The maximum absolute atomic E-state index is 12.2. The average molecular weight is 321 g/mol. The summed E-state index contributed by atoms with van der Waals surface area (Å²) in [7, 11) is 0. The van der Waals surface area contributed by atoms with Crippen molar-refractivity contribution in [1.82, 2.24) is 0 Å². The standard InChI is InChI=1S/C20H19NO3/c1-13(22)18-12-16(24-14(18)2)10-11-20(23)21-19-9-5-7-15-6-3-4-8-17(15)19/h3-9,12H,10-11H2,1-2H3,(H,21,23). The molecule has 0 aliphatic heterocycles. The van der Waals surface area contributed by atoms with Crippen LogP contribution in [0.25, 0.3) is 10.8 Å². The van der Waals surface area contributed by atoms with E-state index in [4.69, 9.17) is 4.42 Å². The van der Waals surface area contributed by atoms with E-state index in [0.29, 0.717) is 29.9 Å². The molecule has 0 atom stereocenters. The summed E-state index contributed by atoms with van der Waals surface area (Å²) < 4.78 is 5.55. The van der Waals surface area contributed by atoms with Gasteiger partial charge in [0.15, 0.2) is 5.78 Å². The molecule has 1 N–H and O–H groups in total. The SMILES string of the molecule is CC(=O)c1cc(CCC(=O)Nc2cccc3ccccc23)oc1C. The number of nitrogens with one attached hydrogen (secondary N) is 1. The van der Waals surface area contributed by atoms with Gasteiger partial charge < -0.3 is 9.73 Å². The first kappa shape index (κ1) is 16.0. The highest BCUT2D eigenvalue weighted by Crippen LogP contribution is 2.23. The topological polar surface area (TPSA) is 59.3 Å². The number of aryl methyl sites for hydroxylation is 2. The molecule has 4 heteroatoms. The van der Waals surface area contributed by atoms with Gasteiger partial charge >= 0.3 is 0 Å². The number of amides is 1. The average Bonchev–Trinajstić information content (AvgIpc) is 2.94. The third-order valence-corrected chi connectivity index (χ3v) is 4.01. The molecule has 0 aliphatic carbocycles. The number of fused-ring (bicyclic) bond motifs is 1. The molecular formula is C20H19NO3. The molecule has 122 valence electrons. The molecule has 4 nitrogen and oxygen atoms in total. The van der Waals surface area contributed by atoms with E-state index in [2.05, 4.69) is 5.32 Å². The number of ketones is 1. The van der Waals surface area contributed by atoms with Crippen molar-refractivity contribution in [3.8, 4) is 0 Å². The van der Waals surface area contributed by atoms with E-state index in [0.717, 1.165) is 16.5 Å². The van der Waals surface area contributed by atoms with Crippen LogP contribution in [0, 0.1) is 6.92 Å². The quantitative estimate of drug-likeness (QED) is 0.703. The van der Waals surface area contributed by atoms with E-state index in [1.54, 1.807) is 13.0 Å². The van der Waals surface area contributed by atoms with Gasteiger partial charge in [-0.05, 0) is 31.4 Å². The lowest BCUT2D eigenvalue weighted by atomic mass is 10.1. The number of carbonyl (C=O) groups is 2. The van der Waals surface area contributed by atoms with Crippen molar-refractivity contribution in [2.45, 2.75) is 26.7 Å². The highest BCUT2D eigenvalue weighted by atomic mass is 16.3. The number of Topliss-reactive ketones (excluding diaryl/α,β-unsaturated/α-hetero) is 1. The molecule has 0 bridgehead atoms. The van der Waals surface area contributed by atoms with Gasteiger partial charge in [0.2, 0.25) is 5.91 Å². The minimum atomic E-state index is -0.0789. The zero-order chi connectivity index (χ0) is 17.1. The Morgan fingerprint density at radius 3 is 2.58 bits per heavy atom. The molecular weight excluding hydrogens is 302 g/mol. The number of carbonyl (C=O) groups excluding carboxylic acids is 2. The van der Waals surface area contributed by atoms with Gasteiger partial charge in [0, 0.05) is 23.9 Å². The zero-order valence-corrected chi connectivity index (χ0v) is 13.8. The number of anilines is 1. The Kier molecular flexibility index (Phi) is 4.47. The lowest BCUT2D eigenvalue weighted by Crippen LogP contribution is -2.12. The molecule has 1 amide bonds. The third-order valence-electron chi connectivity index (χ3n) is 4.01. The summed E-state index contributed by atoms with van der Waals surface area (Å²) in [5.41, 5.74) is 1.39. The molecule has 3 aromatic rings. The van der Waals surface area contributed by atoms with E-state index in [9.17, 15) is 9.59 Å². The fraction of sp³-hybridized carbons (Fsp3) is 0.200. The van der Waals surface area contributed by atoms with Crippen LogP contribution in [-0.4, -0.2) is 11.7 Å². The van der Waals surface area contributed by atoms with Crippen LogP contribution in [-0.2, 0) is 11.2 Å². The predicted molar refractivity (Wildman–Crippen MR) is 94.3 cm³/mol. The molecule has 2 aromatic carbocycles. The van der Waals surface area contributed by atoms with Crippen LogP contribution >= 0.6 is 0 Å². The molecule has 0 unspecified atom stereocenters. The smallest absolute Gasteiger partial charge is 0.224 e. The summed E-state index contributed by atoms with van der Waals surface area (Å²) in [4.78, 5) is 23.7. The van der Waals surface area contributed by atoms with Gasteiger partial charge in [0.05, 0.1) is 5.56 Å². The van der Waals surface area contributed by atoms with Gasteiger partial charge in [-0.3, -0.25) is 9.59 Å². The predicted octanol–water partition coefficient (Wildman–Crippen LogP) is 4.52. The van der Waals surface area contributed by atoms with Crippen molar-refractivity contribution in [3.05, 3.63) is 65.6 Å². The fourth-order valence-corrected chi connectivity index (χ4v) is 2.80. The molecule has 0 aliphatic rings. The summed E-state index contributed by atoms with van der Waals surface area (Å²) in [6.07, 6.45) is 0.762. The molecule has 0 radical (unpaired) electrons. The van der Waals surface area contributed by atoms with Crippen molar-refractivity contribution in [2.24, 2.45) is 0 Å². The summed E-state index contributed by atoms with van der Waals surface area (Å²) in [5, 5.41) is 5.05. The Morgan fingerprint density at radius 1 is 1.08 bits per heavy atom. The number of furan rings is 1. The molecule has 0 fully saturated rings. The molecule has 3 rings (SSSR count). The van der Waals surface area contributed by atoms with E-state index in [-0.39, 0.29) is 11.7 Å². The van der Waals surface area contributed by atoms with E-state index < -0.39 is 0 Å². The molecule has 0 saturated carbocycles. The van der Waals surface area contributed by atoms with Gasteiger partial charge in [-0.25, -0.2) is 0 Å². The Labute approximate surface area is 140 Å². The maximum Gasteiger partial charge on any atom is 0.224 e. The summed E-state index contributed by atoms with van der Waals surface area (Å²) in [6.45, 7) is 3.27. The number of hydrogen-bond acceptors (Lipinski definition) is 3.